The Morgan fingerprint density at radius 2 is 1.78 bits per heavy atom. The molecule has 2 heteroatoms. The summed E-state index contributed by atoms with van der Waals surface area (Å²) < 4.78 is 0. The number of nitrogens with zero attached hydrogens (tertiary/aromatic N) is 1. The van der Waals surface area contributed by atoms with Gasteiger partial charge in [0.1, 0.15) is 0 Å². The normalized spacial score (nSPS) is 33.6. The maximum absolute atomic E-state index is 6.17. The molecule has 2 aliphatic rings. The molecule has 0 radical (unpaired) electrons. The van der Waals surface area contributed by atoms with Crippen LogP contribution in [-0.2, 0) is 6.54 Å². The summed E-state index contributed by atoms with van der Waals surface area (Å²) in [6.07, 6.45) is 2.78. The van der Waals surface area contributed by atoms with Gasteiger partial charge in [0, 0.05) is 25.7 Å². The Morgan fingerprint density at radius 3 is 2.33 bits per heavy atom. The topological polar surface area (TPSA) is 29.3 Å². The van der Waals surface area contributed by atoms with Crippen LogP contribution in [0.2, 0.25) is 0 Å². The monoisotopic (exact) mass is 244 g/mol. The zero-order valence-corrected chi connectivity index (χ0v) is 11.3. The maximum atomic E-state index is 6.17. The third-order valence-corrected chi connectivity index (χ3v) is 4.84. The number of piperidine rings is 1. The minimum Gasteiger partial charge on any atom is -0.328 e. The highest BCUT2D eigenvalue weighted by atomic mass is 15.1. The van der Waals surface area contributed by atoms with Gasteiger partial charge >= 0.3 is 0 Å². The standard InChI is InChI=1S/C16H24N2/c1-12(17)16-14-7-8-15(16)11-18(10-14)9-13-5-3-2-4-6-13/h2-6,12,14-16H,7-11,17H2,1H3/t12-,14-,15+,16-/m0/s1. The van der Waals surface area contributed by atoms with Crippen LogP contribution in [0.1, 0.15) is 25.3 Å². The lowest BCUT2D eigenvalue weighted by atomic mass is 9.80. The Labute approximate surface area is 110 Å². The third-order valence-electron chi connectivity index (χ3n) is 4.84. The molecule has 2 bridgehead atoms. The molecule has 0 amide bonds. The lowest BCUT2D eigenvalue weighted by Crippen LogP contribution is -2.47. The molecule has 2 nitrogen and oxygen atoms in total. The molecule has 2 N–H and O–H groups in total. The number of fused-ring (bicyclic) bond motifs is 2. The van der Waals surface area contributed by atoms with Crippen molar-refractivity contribution in [3.63, 3.8) is 0 Å². The van der Waals surface area contributed by atoms with Crippen LogP contribution < -0.4 is 5.73 Å². The van der Waals surface area contributed by atoms with Crippen molar-refractivity contribution in [2.45, 2.75) is 32.4 Å². The number of hydrogen-bond donors (Lipinski definition) is 1. The minimum absolute atomic E-state index is 0.376. The largest absolute Gasteiger partial charge is 0.328 e. The van der Waals surface area contributed by atoms with E-state index < -0.39 is 0 Å². The van der Waals surface area contributed by atoms with Crippen LogP contribution in [0.15, 0.2) is 30.3 Å². The van der Waals surface area contributed by atoms with E-state index >= 15 is 0 Å². The molecule has 2 fully saturated rings. The Kier molecular flexibility index (Phi) is 3.40. The third kappa shape index (κ3) is 2.32. The summed E-state index contributed by atoms with van der Waals surface area (Å²) in [7, 11) is 0. The van der Waals surface area contributed by atoms with Crippen LogP contribution >= 0.6 is 0 Å². The fourth-order valence-electron chi connectivity index (χ4n) is 4.19. The van der Waals surface area contributed by atoms with Crippen molar-refractivity contribution in [1.82, 2.24) is 4.90 Å². The van der Waals surface area contributed by atoms with Gasteiger partial charge in [-0.25, -0.2) is 0 Å². The summed E-state index contributed by atoms with van der Waals surface area (Å²) in [5.41, 5.74) is 7.61. The molecule has 3 rings (SSSR count). The van der Waals surface area contributed by atoms with E-state index in [1.807, 2.05) is 0 Å². The number of likely N-dealkylation sites (tertiary alicyclic amines) is 1. The van der Waals surface area contributed by atoms with Gasteiger partial charge in [0.15, 0.2) is 0 Å². The van der Waals surface area contributed by atoms with E-state index in [9.17, 15) is 0 Å². The Hall–Kier alpha value is -0.860. The fraction of sp³-hybridized carbons (Fsp3) is 0.625. The van der Waals surface area contributed by atoms with Crippen LogP contribution in [0, 0.1) is 17.8 Å². The molecule has 4 atom stereocenters. The van der Waals surface area contributed by atoms with E-state index in [-0.39, 0.29) is 0 Å². The van der Waals surface area contributed by atoms with E-state index in [1.165, 1.54) is 31.5 Å². The zero-order chi connectivity index (χ0) is 12.5. The molecule has 0 spiro atoms. The number of hydrogen-bond acceptors (Lipinski definition) is 2. The predicted molar refractivity (Wildman–Crippen MR) is 75.1 cm³/mol. The highest BCUT2D eigenvalue weighted by molar-refractivity contribution is 5.14. The average Bonchev–Trinajstić information content (AvgIpc) is 2.63. The van der Waals surface area contributed by atoms with E-state index in [2.05, 4.69) is 42.2 Å². The van der Waals surface area contributed by atoms with Crippen LogP contribution in [0.3, 0.4) is 0 Å². The maximum Gasteiger partial charge on any atom is 0.0233 e. The van der Waals surface area contributed by atoms with Gasteiger partial charge in [0.2, 0.25) is 0 Å². The first-order chi connectivity index (χ1) is 8.74. The van der Waals surface area contributed by atoms with E-state index in [1.54, 1.807) is 0 Å². The highest BCUT2D eigenvalue weighted by Crippen LogP contribution is 2.43. The zero-order valence-electron chi connectivity index (χ0n) is 11.3. The lowest BCUT2D eigenvalue weighted by molar-refractivity contribution is 0.0911. The summed E-state index contributed by atoms with van der Waals surface area (Å²) in [6, 6.07) is 11.2. The van der Waals surface area contributed by atoms with Crippen molar-refractivity contribution in [1.29, 1.82) is 0 Å². The molecule has 1 saturated heterocycles. The number of benzene rings is 1. The van der Waals surface area contributed by atoms with Crippen molar-refractivity contribution in [3.8, 4) is 0 Å². The van der Waals surface area contributed by atoms with Crippen LogP contribution in [-0.4, -0.2) is 24.0 Å². The van der Waals surface area contributed by atoms with Gasteiger partial charge in [-0.3, -0.25) is 4.90 Å². The Balaban J connectivity index is 1.65. The first-order valence-electron chi connectivity index (χ1n) is 7.26. The van der Waals surface area contributed by atoms with Gasteiger partial charge in [-0.1, -0.05) is 30.3 Å². The van der Waals surface area contributed by atoms with E-state index in [0.29, 0.717) is 6.04 Å². The second-order valence-corrected chi connectivity index (χ2v) is 6.21. The van der Waals surface area contributed by atoms with E-state index in [0.717, 1.165) is 24.3 Å². The first-order valence-corrected chi connectivity index (χ1v) is 7.26. The summed E-state index contributed by atoms with van der Waals surface area (Å²) in [6.45, 7) is 5.80. The van der Waals surface area contributed by atoms with Gasteiger partial charge in [-0.05, 0) is 43.1 Å². The van der Waals surface area contributed by atoms with Crippen molar-refractivity contribution >= 4 is 0 Å². The smallest absolute Gasteiger partial charge is 0.0233 e. The van der Waals surface area contributed by atoms with Crippen molar-refractivity contribution in [2.24, 2.45) is 23.5 Å². The molecular formula is C16H24N2. The van der Waals surface area contributed by atoms with Gasteiger partial charge in [0.05, 0.1) is 0 Å². The molecule has 98 valence electrons. The molecule has 0 unspecified atom stereocenters. The molecule has 1 saturated carbocycles. The van der Waals surface area contributed by atoms with Crippen molar-refractivity contribution in [3.05, 3.63) is 35.9 Å². The Bertz CT molecular complexity index is 373. The molecule has 1 aromatic carbocycles. The molecule has 1 aromatic rings. The predicted octanol–water partition coefficient (Wildman–Crippen LogP) is 2.49. The first kappa shape index (κ1) is 12.2. The summed E-state index contributed by atoms with van der Waals surface area (Å²) >= 11 is 0. The Morgan fingerprint density at radius 1 is 1.17 bits per heavy atom. The van der Waals surface area contributed by atoms with Gasteiger partial charge in [-0.15, -0.1) is 0 Å². The molecule has 1 aliphatic carbocycles. The molecule has 18 heavy (non-hydrogen) atoms. The minimum atomic E-state index is 0.376. The van der Waals surface area contributed by atoms with Crippen molar-refractivity contribution in [2.75, 3.05) is 13.1 Å². The van der Waals surface area contributed by atoms with Crippen LogP contribution in [0.4, 0.5) is 0 Å². The molecule has 1 aliphatic heterocycles. The molecule has 1 heterocycles. The highest BCUT2D eigenvalue weighted by Gasteiger charge is 2.43. The van der Waals surface area contributed by atoms with Crippen LogP contribution in [0.5, 0.6) is 0 Å². The quantitative estimate of drug-likeness (QED) is 0.885. The van der Waals surface area contributed by atoms with E-state index in [4.69, 9.17) is 5.73 Å². The van der Waals surface area contributed by atoms with Crippen molar-refractivity contribution < 1.29 is 0 Å². The van der Waals surface area contributed by atoms with Gasteiger partial charge in [-0.2, -0.15) is 0 Å². The summed E-state index contributed by atoms with van der Waals surface area (Å²) in [5.74, 6) is 2.46. The fourth-order valence-corrected chi connectivity index (χ4v) is 4.19. The van der Waals surface area contributed by atoms with Gasteiger partial charge in [0.25, 0.3) is 0 Å². The second kappa shape index (κ2) is 5.02. The second-order valence-electron chi connectivity index (χ2n) is 6.21. The molecule has 0 aromatic heterocycles. The number of rotatable bonds is 3. The summed E-state index contributed by atoms with van der Waals surface area (Å²) in [4.78, 5) is 2.64. The SMILES string of the molecule is C[C@H](N)[C@@H]1[C@@H]2CC[C@H]1CN(Cc1ccccc1)C2. The summed E-state index contributed by atoms with van der Waals surface area (Å²) in [5, 5.41) is 0. The van der Waals surface area contributed by atoms with Gasteiger partial charge < -0.3 is 5.73 Å². The van der Waals surface area contributed by atoms with Crippen LogP contribution in [0.25, 0.3) is 0 Å². The molecular weight excluding hydrogens is 220 g/mol. The average molecular weight is 244 g/mol. The lowest BCUT2D eigenvalue weighted by Gasteiger charge is -2.40. The number of nitrogens with two attached hydrogens (primary N) is 1.